The molecular formula is C20H20F3N5O2. The molecule has 2 aromatic rings. The summed E-state index contributed by atoms with van der Waals surface area (Å²) in [6.45, 7) is 3.17. The Kier molecular flexibility index (Phi) is 4.92. The van der Waals surface area contributed by atoms with Crippen LogP contribution in [0.1, 0.15) is 43.7 Å². The number of carbonyl (C=O) groups excluding carboxylic acids is 1. The molecule has 4 rings (SSSR count). The van der Waals surface area contributed by atoms with E-state index in [0.717, 1.165) is 44.1 Å². The van der Waals surface area contributed by atoms with Gasteiger partial charge in [-0.25, -0.2) is 0 Å². The maximum absolute atomic E-state index is 12.9. The van der Waals surface area contributed by atoms with Crippen molar-refractivity contribution in [3.63, 3.8) is 0 Å². The Labute approximate surface area is 170 Å². The third-order valence-electron chi connectivity index (χ3n) is 5.92. The molecule has 1 spiro atoms. The van der Waals surface area contributed by atoms with Gasteiger partial charge in [-0.15, -0.1) is 5.10 Å². The summed E-state index contributed by atoms with van der Waals surface area (Å²) in [5, 5.41) is 19.5. The van der Waals surface area contributed by atoms with Crippen LogP contribution in [0.4, 0.5) is 19.2 Å². The lowest BCUT2D eigenvalue weighted by Crippen LogP contribution is -2.45. The fraction of sp³-hybridized carbons (Fsp3) is 0.500. The standard InChI is InChI=1S/C20H20F3N5O2/c1-12(17(29)28-8-6-19(4-5-19)7-9-28)25-18-27-26-16(30-18)13-2-3-15(20(21,22)23)14(10-13)11-24/h2-3,10,12H,4-9H2,1H3,(H,25,27)/t12-/m0/s1. The molecule has 10 heteroatoms. The van der Waals surface area contributed by atoms with Gasteiger partial charge in [-0.05, 0) is 56.2 Å². The number of carbonyl (C=O) groups is 1. The number of anilines is 1. The first-order valence-corrected chi connectivity index (χ1v) is 9.71. The normalized spacial score (nSPS) is 18.7. The summed E-state index contributed by atoms with van der Waals surface area (Å²) in [5.41, 5.74) is -0.904. The van der Waals surface area contributed by atoms with Crippen molar-refractivity contribution in [1.29, 1.82) is 5.26 Å². The van der Waals surface area contributed by atoms with Crippen LogP contribution in [0, 0.1) is 16.7 Å². The molecule has 0 unspecified atom stereocenters. The van der Waals surface area contributed by atoms with Crippen LogP contribution in [-0.4, -0.2) is 40.1 Å². The summed E-state index contributed by atoms with van der Waals surface area (Å²) in [4.78, 5) is 14.5. The number of nitrogens with one attached hydrogen (secondary N) is 1. The van der Waals surface area contributed by atoms with Gasteiger partial charge in [-0.2, -0.15) is 18.4 Å². The van der Waals surface area contributed by atoms with E-state index >= 15 is 0 Å². The second kappa shape index (κ2) is 7.31. The number of benzene rings is 1. The molecule has 1 aromatic heterocycles. The fourth-order valence-corrected chi connectivity index (χ4v) is 3.81. The SMILES string of the molecule is C[C@H](Nc1nnc(-c2ccc(C(F)(F)F)c(C#N)c2)o1)C(=O)N1CCC2(CC1)CC2. The van der Waals surface area contributed by atoms with E-state index < -0.39 is 23.3 Å². The predicted molar refractivity (Wildman–Crippen MR) is 100 cm³/mol. The molecule has 2 heterocycles. The topological polar surface area (TPSA) is 95.0 Å². The molecule has 2 fully saturated rings. The van der Waals surface area contributed by atoms with Crippen LogP contribution >= 0.6 is 0 Å². The fourth-order valence-electron chi connectivity index (χ4n) is 3.81. The van der Waals surface area contributed by atoms with Crippen molar-refractivity contribution in [3.05, 3.63) is 29.3 Å². The molecule has 7 nitrogen and oxygen atoms in total. The summed E-state index contributed by atoms with van der Waals surface area (Å²) in [6, 6.07) is 3.96. The molecule has 1 aliphatic carbocycles. The van der Waals surface area contributed by atoms with Gasteiger partial charge in [0, 0.05) is 18.7 Å². The Morgan fingerprint density at radius 1 is 1.27 bits per heavy atom. The average Bonchev–Trinajstić information content (AvgIpc) is 3.30. The van der Waals surface area contributed by atoms with Crippen LogP contribution < -0.4 is 5.32 Å². The number of aromatic nitrogens is 2. The van der Waals surface area contributed by atoms with Crippen molar-refractivity contribution in [1.82, 2.24) is 15.1 Å². The number of halogens is 3. The molecule has 1 amide bonds. The Balaban J connectivity index is 1.43. The van der Waals surface area contributed by atoms with Crippen molar-refractivity contribution in [2.45, 2.75) is 44.8 Å². The van der Waals surface area contributed by atoms with E-state index in [1.54, 1.807) is 6.92 Å². The zero-order valence-electron chi connectivity index (χ0n) is 16.3. The maximum atomic E-state index is 12.9. The van der Waals surface area contributed by atoms with Crippen LogP contribution in [0.5, 0.6) is 0 Å². The molecular weight excluding hydrogens is 399 g/mol. The molecule has 1 aliphatic heterocycles. The van der Waals surface area contributed by atoms with Gasteiger partial charge in [0.25, 0.3) is 0 Å². The van der Waals surface area contributed by atoms with Crippen molar-refractivity contribution >= 4 is 11.9 Å². The monoisotopic (exact) mass is 419 g/mol. The number of alkyl halides is 3. The van der Waals surface area contributed by atoms with Crippen molar-refractivity contribution in [2.24, 2.45) is 5.41 Å². The number of hydrogen-bond acceptors (Lipinski definition) is 6. The van der Waals surface area contributed by atoms with Gasteiger partial charge in [0.15, 0.2) is 0 Å². The Morgan fingerprint density at radius 3 is 2.57 bits per heavy atom. The smallest absolute Gasteiger partial charge is 0.403 e. The van der Waals surface area contributed by atoms with E-state index in [1.165, 1.54) is 18.9 Å². The summed E-state index contributed by atoms with van der Waals surface area (Å²) < 4.78 is 44.3. The second-order valence-corrected chi connectivity index (χ2v) is 7.97. The number of nitriles is 1. The zero-order chi connectivity index (χ0) is 21.5. The number of rotatable bonds is 4. The number of hydrogen-bond donors (Lipinski definition) is 1. The van der Waals surface area contributed by atoms with E-state index in [1.807, 2.05) is 4.90 Å². The van der Waals surface area contributed by atoms with Crippen LogP contribution in [0.25, 0.3) is 11.5 Å². The number of piperidine rings is 1. The maximum Gasteiger partial charge on any atom is 0.417 e. The van der Waals surface area contributed by atoms with Gasteiger partial charge in [0.05, 0.1) is 17.2 Å². The molecule has 0 bridgehead atoms. The largest absolute Gasteiger partial charge is 0.417 e. The minimum absolute atomic E-state index is 0.0140. The third kappa shape index (κ3) is 3.97. The lowest BCUT2D eigenvalue weighted by Gasteiger charge is -2.33. The summed E-state index contributed by atoms with van der Waals surface area (Å²) in [6.07, 6.45) is -0.0543. The van der Waals surface area contributed by atoms with Crippen molar-refractivity contribution in [3.8, 4) is 17.5 Å². The number of nitrogens with zero attached hydrogens (tertiary/aromatic N) is 4. The molecule has 1 aromatic carbocycles. The van der Waals surface area contributed by atoms with E-state index in [2.05, 4.69) is 15.5 Å². The van der Waals surface area contributed by atoms with Crippen LogP contribution in [0.2, 0.25) is 0 Å². The average molecular weight is 419 g/mol. The van der Waals surface area contributed by atoms with Crippen LogP contribution in [-0.2, 0) is 11.0 Å². The van der Waals surface area contributed by atoms with Gasteiger partial charge < -0.3 is 14.6 Å². The summed E-state index contributed by atoms with van der Waals surface area (Å²) in [5.74, 6) is -0.109. The zero-order valence-corrected chi connectivity index (χ0v) is 16.3. The Morgan fingerprint density at radius 2 is 1.97 bits per heavy atom. The highest BCUT2D eigenvalue weighted by molar-refractivity contribution is 5.83. The lowest BCUT2D eigenvalue weighted by atomic mass is 9.93. The minimum Gasteiger partial charge on any atom is -0.403 e. The van der Waals surface area contributed by atoms with Gasteiger partial charge >= 0.3 is 12.2 Å². The molecule has 158 valence electrons. The van der Waals surface area contributed by atoms with Crippen molar-refractivity contribution in [2.75, 3.05) is 18.4 Å². The quantitative estimate of drug-likeness (QED) is 0.809. The number of likely N-dealkylation sites (tertiary alicyclic amines) is 1. The van der Waals surface area contributed by atoms with Crippen LogP contribution in [0.3, 0.4) is 0 Å². The van der Waals surface area contributed by atoms with Gasteiger partial charge in [0.1, 0.15) is 6.04 Å². The van der Waals surface area contributed by atoms with E-state index in [-0.39, 0.29) is 23.4 Å². The Hall–Kier alpha value is -3.09. The first-order valence-electron chi connectivity index (χ1n) is 9.71. The van der Waals surface area contributed by atoms with E-state index in [4.69, 9.17) is 9.68 Å². The molecule has 1 saturated carbocycles. The van der Waals surface area contributed by atoms with Gasteiger partial charge in [-0.3, -0.25) is 4.79 Å². The third-order valence-corrected chi connectivity index (χ3v) is 5.92. The molecule has 1 atom stereocenters. The van der Waals surface area contributed by atoms with E-state index in [0.29, 0.717) is 5.41 Å². The first-order chi connectivity index (χ1) is 14.2. The molecule has 0 radical (unpaired) electrons. The highest BCUT2D eigenvalue weighted by Crippen LogP contribution is 2.53. The predicted octanol–water partition coefficient (Wildman–Crippen LogP) is 3.83. The lowest BCUT2D eigenvalue weighted by molar-refractivity contribution is -0.137. The van der Waals surface area contributed by atoms with Gasteiger partial charge in [0.2, 0.25) is 11.8 Å². The Bertz CT molecular complexity index is 997. The highest BCUT2D eigenvalue weighted by Gasteiger charge is 2.45. The molecule has 1 saturated heterocycles. The minimum atomic E-state index is -4.63. The van der Waals surface area contributed by atoms with Crippen LogP contribution in [0.15, 0.2) is 22.6 Å². The first kappa shape index (κ1) is 20.2. The van der Waals surface area contributed by atoms with Crippen molar-refractivity contribution < 1.29 is 22.4 Å². The molecule has 30 heavy (non-hydrogen) atoms. The number of amides is 1. The molecule has 1 N–H and O–H groups in total. The second-order valence-electron chi connectivity index (χ2n) is 7.97. The van der Waals surface area contributed by atoms with Gasteiger partial charge in [-0.1, -0.05) is 5.10 Å². The molecule has 2 aliphatic rings. The summed E-state index contributed by atoms with van der Waals surface area (Å²) >= 11 is 0. The highest BCUT2D eigenvalue weighted by atomic mass is 19.4. The summed E-state index contributed by atoms with van der Waals surface area (Å²) in [7, 11) is 0. The van der Waals surface area contributed by atoms with E-state index in [9.17, 15) is 18.0 Å².